The molecule has 0 radical (unpaired) electrons. The Morgan fingerprint density at radius 1 is 1.04 bits per heavy atom. The molecule has 0 aliphatic rings. The molecule has 0 saturated carbocycles. The molecule has 1 atom stereocenters. The third kappa shape index (κ3) is 5.86. The van der Waals surface area contributed by atoms with E-state index in [0.717, 1.165) is 11.8 Å². The molecular formula is C18H19ClN2O4S. The van der Waals surface area contributed by atoms with Gasteiger partial charge in [0.25, 0.3) is 0 Å². The van der Waals surface area contributed by atoms with Crippen LogP contribution < -0.4 is 10.6 Å². The summed E-state index contributed by atoms with van der Waals surface area (Å²) >= 11 is 5.87. The summed E-state index contributed by atoms with van der Waals surface area (Å²) in [6, 6.07) is 12.3. The molecule has 0 aliphatic carbocycles. The number of carbonyl (C=O) groups excluding carboxylic acids is 2. The second kappa shape index (κ2) is 8.33. The van der Waals surface area contributed by atoms with Gasteiger partial charge in [0.05, 0.1) is 17.4 Å². The maximum atomic E-state index is 12.3. The first kappa shape index (κ1) is 19.9. The van der Waals surface area contributed by atoms with E-state index in [1.54, 1.807) is 24.3 Å². The van der Waals surface area contributed by atoms with Gasteiger partial charge in [0.2, 0.25) is 11.8 Å². The fraction of sp³-hybridized carbons (Fsp3) is 0.222. The molecule has 2 aromatic rings. The second-order valence-electron chi connectivity index (χ2n) is 5.85. The number of amides is 2. The summed E-state index contributed by atoms with van der Waals surface area (Å²) in [6.45, 7) is 1.38. The van der Waals surface area contributed by atoms with Crippen molar-refractivity contribution >= 4 is 38.9 Å². The van der Waals surface area contributed by atoms with Crippen molar-refractivity contribution in [2.75, 3.05) is 11.6 Å². The highest BCUT2D eigenvalue weighted by Gasteiger charge is 2.17. The molecule has 0 spiro atoms. The van der Waals surface area contributed by atoms with Crippen molar-refractivity contribution < 1.29 is 18.0 Å². The summed E-state index contributed by atoms with van der Waals surface area (Å²) in [7, 11) is -3.29. The molecule has 138 valence electrons. The minimum atomic E-state index is -3.29. The number of benzene rings is 2. The Bertz CT molecular complexity index is 894. The van der Waals surface area contributed by atoms with Crippen LogP contribution >= 0.6 is 11.6 Å². The molecule has 0 bridgehead atoms. The standard InChI is InChI=1S/C18H19ClN2O4S/c1-12(22)20-17(13-3-5-14(19)6-4-13)11-18(23)21-15-7-9-16(10-8-15)26(2,24)25/h3-10,17H,11H2,1-2H3,(H,20,22)(H,21,23)/t17-/m1/s1. The van der Waals surface area contributed by atoms with Gasteiger partial charge in [0, 0.05) is 23.9 Å². The zero-order valence-corrected chi connectivity index (χ0v) is 15.9. The maximum absolute atomic E-state index is 12.3. The number of rotatable bonds is 6. The van der Waals surface area contributed by atoms with Crippen LogP contribution in [0.25, 0.3) is 0 Å². The molecule has 2 N–H and O–H groups in total. The lowest BCUT2D eigenvalue weighted by atomic mass is 10.0. The lowest BCUT2D eigenvalue weighted by Crippen LogP contribution is -2.29. The van der Waals surface area contributed by atoms with Crippen molar-refractivity contribution in [3.8, 4) is 0 Å². The number of hydrogen-bond donors (Lipinski definition) is 2. The quantitative estimate of drug-likeness (QED) is 0.787. The minimum Gasteiger partial charge on any atom is -0.349 e. The van der Waals surface area contributed by atoms with Gasteiger partial charge in [-0.3, -0.25) is 9.59 Å². The third-order valence-corrected chi connectivity index (χ3v) is 4.99. The highest BCUT2D eigenvalue weighted by molar-refractivity contribution is 7.90. The summed E-state index contributed by atoms with van der Waals surface area (Å²) in [5, 5.41) is 5.99. The van der Waals surface area contributed by atoms with Crippen LogP contribution in [0.2, 0.25) is 5.02 Å². The molecule has 2 amide bonds. The monoisotopic (exact) mass is 394 g/mol. The molecule has 0 heterocycles. The topological polar surface area (TPSA) is 92.3 Å². The zero-order chi connectivity index (χ0) is 19.3. The Labute approximate surface area is 157 Å². The number of halogens is 1. The van der Waals surface area contributed by atoms with Crippen LogP contribution in [0.4, 0.5) is 5.69 Å². The summed E-state index contributed by atoms with van der Waals surface area (Å²) < 4.78 is 22.9. The first-order valence-corrected chi connectivity index (χ1v) is 10.0. The SMILES string of the molecule is CC(=O)N[C@H](CC(=O)Nc1ccc(S(C)(=O)=O)cc1)c1ccc(Cl)cc1. The van der Waals surface area contributed by atoms with Gasteiger partial charge in [-0.1, -0.05) is 23.7 Å². The molecule has 26 heavy (non-hydrogen) atoms. The summed E-state index contributed by atoms with van der Waals surface area (Å²) in [4.78, 5) is 23.9. The Hall–Kier alpha value is -2.38. The molecule has 6 nitrogen and oxygen atoms in total. The fourth-order valence-corrected chi connectivity index (χ4v) is 3.13. The molecule has 0 saturated heterocycles. The largest absolute Gasteiger partial charge is 0.349 e. The lowest BCUT2D eigenvalue weighted by molar-refractivity contribution is -0.120. The van der Waals surface area contributed by atoms with Crippen LogP contribution in [0.1, 0.15) is 24.9 Å². The van der Waals surface area contributed by atoms with Gasteiger partial charge in [-0.2, -0.15) is 0 Å². The fourth-order valence-electron chi connectivity index (χ4n) is 2.38. The molecule has 0 unspecified atom stereocenters. The van der Waals surface area contributed by atoms with Crippen molar-refractivity contribution in [2.24, 2.45) is 0 Å². The van der Waals surface area contributed by atoms with E-state index < -0.39 is 15.9 Å². The van der Waals surface area contributed by atoms with Crippen molar-refractivity contribution in [3.63, 3.8) is 0 Å². The van der Waals surface area contributed by atoms with Gasteiger partial charge < -0.3 is 10.6 Å². The molecule has 0 fully saturated rings. The van der Waals surface area contributed by atoms with E-state index in [0.29, 0.717) is 10.7 Å². The Balaban J connectivity index is 2.09. The molecule has 0 aliphatic heterocycles. The van der Waals surface area contributed by atoms with Crippen molar-refractivity contribution in [1.29, 1.82) is 0 Å². The van der Waals surface area contributed by atoms with Crippen LogP contribution in [0.3, 0.4) is 0 Å². The molecule has 2 rings (SSSR count). The van der Waals surface area contributed by atoms with Crippen molar-refractivity contribution in [3.05, 3.63) is 59.1 Å². The number of carbonyl (C=O) groups is 2. The highest BCUT2D eigenvalue weighted by Crippen LogP contribution is 2.21. The van der Waals surface area contributed by atoms with Gasteiger partial charge in [-0.15, -0.1) is 0 Å². The van der Waals surface area contributed by atoms with Gasteiger partial charge in [-0.05, 0) is 42.0 Å². The first-order valence-electron chi connectivity index (χ1n) is 7.77. The van der Waals surface area contributed by atoms with E-state index in [4.69, 9.17) is 11.6 Å². The Morgan fingerprint density at radius 2 is 1.62 bits per heavy atom. The summed E-state index contributed by atoms with van der Waals surface area (Å²) in [5.41, 5.74) is 1.23. The van der Waals surface area contributed by atoms with Gasteiger partial charge in [0.15, 0.2) is 9.84 Å². The maximum Gasteiger partial charge on any atom is 0.226 e. The Morgan fingerprint density at radius 3 is 2.12 bits per heavy atom. The normalized spacial score (nSPS) is 12.3. The van der Waals surface area contributed by atoms with Crippen LogP contribution in [-0.2, 0) is 19.4 Å². The predicted molar refractivity (Wildman–Crippen MR) is 101 cm³/mol. The zero-order valence-electron chi connectivity index (χ0n) is 14.3. The number of anilines is 1. The average Bonchev–Trinajstić information content (AvgIpc) is 2.54. The van der Waals surface area contributed by atoms with Crippen LogP contribution in [-0.4, -0.2) is 26.5 Å². The summed E-state index contributed by atoms with van der Waals surface area (Å²) in [6.07, 6.45) is 1.14. The second-order valence-corrected chi connectivity index (χ2v) is 8.31. The van der Waals surface area contributed by atoms with Crippen LogP contribution in [0.15, 0.2) is 53.4 Å². The van der Waals surface area contributed by atoms with E-state index in [1.165, 1.54) is 31.2 Å². The van der Waals surface area contributed by atoms with Gasteiger partial charge >= 0.3 is 0 Å². The van der Waals surface area contributed by atoms with E-state index in [-0.39, 0.29) is 23.1 Å². The van der Waals surface area contributed by atoms with E-state index >= 15 is 0 Å². The molecule has 0 aromatic heterocycles. The smallest absolute Gasteiger partial charge is 0.226 e. The van der Waals surface area contributed by atoms with Gasteiger partial charge in [0.1, 0.15) is 0 Å². The lowest BCUT2D eigenvalue weighted by Gasteiger charge is -2.18. The number of hydrogen-bond acceptors (Lipinski definition) is 4. The van der Waals surface area contributed by atoms with E-state index in [2.05, 4.69) is 10.6 Å². The van der Waals surface area contributed by atoms with Crippen molar-refractivity contribution in [2.45, 2.75) is 24.3 Å². The summed E-state index contributed by atoms with van der Waals surface area (Å²) in [5.74, 6) is -0.568. The number of sulfone groups is 1. The third-order valence-electron chi connectivity index (χ3n) is 3.61. The molecule has 2 aromatic carbocycles. The highest BCUT2D eigenvalue weighted by atomic mass is 35.5. The van der Waals surface area contributed by atoms with Crippen LogP contribution in [0.5, 0.6) is 0 Å². The predicted octanol–water partition coefficient (Wildman–Crippen LogP) is 2.95. The average molecular weight is 395 g/mol. The van der Waals surface area contributed by atoms with Crippen LogP contribution in [0, 0.1) is 0 Å². The van der Waals surface area contributed by atoms with E-state index in [9.17, 15) is 18.0 Å². The first-order chi connectivity index (χ1) is 12.1. The van der Waals surface area contributed by atoms with Crippen molar-refractivity contribution in [1.82, 2.24) is 5.32 Å². The molecular weight excluding hydrogens is 376 g/mol. The Kier molecular flexibility index (Phi) is 6.39. The molecule has 8 heteroatoms. The van der Waals surface area contributed by atoms with Gasteiger partial charge in [-0.25, -0.2) is 8.42 Å². The van der Waals surface area contributed by atoms with E-state index in [1.807, 2.05) is 0 Å². The minimum absolute atomic E-state index is 0.0229. The number of nitrogens with one attached hydrogen (secondary N) is 2.